The first-order chi connectivity index (χ1) is 7.65. The van der Waals surface area contributed by atoms with Crippen molar-refractivity contribution in [1.82, 2.24) is 5.06 Å². The first-order valence-corrected chi connectivity index (χ1v) is 4.70. The number of aromatic hydroxyl groups is 1. The first kappa shape index (κ1) is 10.5. The van der Waals surface area contributed by atoms with Crippen molar-refractivity contribution in [2.45, 2.75) is 6.04 Å². The number of hydrogen-bond donors (Lipinski definition) is 2. The normalized spacial score (nSPS) is 18.3. The van der Waals surface area contributed by atoms with E-state index in [1.165, 1.54) is 24.4 Å². The van der Waals surface area contributed by atoms with E-state index in [2.05, 4.69) is 0 Å². The molecule has 1 atom stereocenters. The molecule has 0 radical (unpaired) electrons. The quantitative estimate of drug-likeness (QED) is 0.789. The molecule has 16 heavy (non-hydrogen) atoms. The van der Waals surface area contributed by atoms with Gasteiger partial charge in [0.25, 0.3) is 0 Å². The van der Waals surface area contributed by atoms with Gasteiger partial charge in [-0.05, 0) is 17.7 Å². The van der Waals surface area contributed by atoms with E-state index < -0.39 is 12.0 Å². The molecule has 1 aromatic rings. The van der Waals surface area contributed by atoms with Gasteiger partial charge in [-0.2, -0.15) is 0 Å². The Morgan fingerprint density at radius 3 is 2.88 bits per heavy atom. The molecule has 1 aromatic carbocycles. The fourth-order valence-electron chi connectivity index (χ4n) is 1.77. The minimum Gasteiger partial charge on any atom is -0.507 e. The fraction of sp³-hybridized carbons (Fsp3) is 0.182. The van der Waals surface area contributed by atoms with Gasteiger partial charge in [0.2, 0.25) is 0 Å². The molecule has 84 valence electrons. The Kier molecular flexibility index (Phi) is 2.54. The lowest BCUT2D eigenvalue weighted by molar-refractivity contribution is -0.167. The fourth-order valence-corrected chi connectivity index (χ4v) is 1.77. The lowest BCUT2D eigenvalue weighted by Gasteiger charge is -2.29. The van der Waals surface area contributed by atoms with Crippen molar-refractivity contribution in [3.63, 3.8) is 0 Å². The Bertz CT molecular complexity index is 455. The summed E-state index contributed by atoms with van der Waals surface area (Å²) in [5, 5.41) is 20.0. The average molecular weight is 221 g/mol. The zero-order chi connectivity index (χ0) is 11.7. The molecule has 5 heteroatoms. The standard InChI is InChI=1S/C11H11NO4/c1-16-12-6-5-7-8(10(12)11(14)15)3-2-4-9(7)13/h2-6,10,13H,1H3,(H,14,15). The van der Waals surface area contributed by atoms with Crippen molar-refractivity contribution in [2.75, 3.05) is 7.11 Å². The van der Waals surface area contributed by atoms with Gasteiger partial charge in [0, 0.05) is 11.8 Å². The summed E-state index contributed by atoms with van der Waals surface area (Å²) in [5.74, 6) is -0.964. The van der Waals surface area contributed by atoms with E-state index in [0.717, 1.165) is 0 Å². The number of aliphatic carboxylic acids is 1. The molecule has 2 N–H and O–H groups in total. The second kappa shape index (κ2) is 3.86. The van der Waals surface area contributed by atoms with Crippen LogP contribution in [0.5, 0.6) is 5.75 Å². The summed E-state index contributed by atoms with van der Waals surface area (Å²) >= 11 is 0. The van der Waals surface area contributed by atoms with Crippen LogP contribution in [0.25, 0.3) is 6.08 Å². The maximum Gasteiger partial charge on any atom is 0.333 e. The van der Waals surface area contributed by atoms with Crippen molar-refractivity contribution in [3.8, 4) is 5.75 Å². The van der Waals surface area contributed by atoms with Crippen LogP contribution in [0.15, 0.2) is 24.4 Å². The molecule has 0 aromatic heterocycles. The molecule has 0 saturated carbocycles. The van der Waals surface area contributed by atoms with Crippen molar-refractivity contribution < 1.29 is 19.8 Å². The average Bonchev–Trinajstić information content (AvgIpc) is 2.27. The molecule has 1 heterocycles. The highest BCUT2D eigenvalue weighted by Crippen LogP contribution is 2.34. The molecule has 0 saturated heterocycles. The van der Waals surface area contributed by atoms with Crippen molar-refractivity contribution in [3.05, 3.63) is 35.5 Å². The van der Waals surface area contributed by atoms with E-state index in [1.807, 2.05) is 0 Å². The summed E-state index contributed by atoms with van der Waals surface area (Å²) in [6, 6.07) is 3.85. The van der Waals surface area contributed by atoms with Gasteiger partial charge >= 0.3 is 5.97 Å². The summed E-state index contributed by atoms with van der Waals surface area (Å²) < 4.78 is 0. The lowest BCUT2D eigenvalue weighted by atomic mass is 9.97. The SMILES string of the molecule is CON1C=Cc2c(O)cccc2C1C(=O)O. The van der Waals surface area contributed by atoms with Gasteiger partial charge in [-0.3, -0.25) is 4.84 Å². The second-order valence-corrected chi connectivity index (χ2v) is 3.38. The highest BCUT2D eigenvalue weighted by Gasteiger charge is 2.31. The molecule has 1 aliphatic rings. The molecule has 0 spiro atoms. The largest absolute Gasteiger partial charge is 0.507 e. The van der Waals surface area contributed by atoms with Gasteiger partial charge in [-0.1, -0.05) is 12.1 Å². The Labute approximate surface area is 92.1 Å². The van der Waals surface area contributed by atoms with Gasteiger partial charge < -0.3 is 10.2 Å². The zero-order valence-corrected chi connectivity index (χ0v) is 8.62. The number of carboxylic acid groups (broad SMARTS) is 1. The molecule has 1 aliphatic heterocycles. The van der Waals surface area contributed by atoms with E-state index in [-0.39, 0.29) is 5.75 Å². The van der Waals surface area contributed by atoms with Crippen LogP contribution in [0, 0.1) is 0 Å². The Morgan fingerprint density at radius 1 is 1.50 bits per heavy atom. The van der Waals surface area contributed by atoms with Crippen LogP contribution in [0.3, 0.4) is 0 Å². The molecule has 0 fully saturated rings. The van der Waals surface area contributed by atoms with Crippen LogP contribution >= 0.6 is 0 Å². The van der Waals surface area contributed by atoms with Crippen LogP contribution in [0.4, 0.5) is 0 Å². The first-order valence-electron chi connectivity index (χ1n) is 4.70. The van der Waals surface area contributed by atoms with Crippen molar-refractivity contribution in [2.24, 2.45) is 0 Å². The van der Waals surface area contributed by atoms with E-state index in [9.17, 15) is 9.90 Å². The summed E-state index contributed by atoms with van der Waals surface area (Å²) in [6.45, 7) is 0. The highest BCUT2D eigenvalue weighted by molar-refractivity contribution is 5.80. The Balaban J connectivity index is 2.56. The minimum atomic E-state index is -1.03. The van der Waals surface area contributed by atoms with Gasteiger partial charge in [-0.25, -0.2) is 9.86 Å². The number of phenols is 1. The summed E-state index contributed by atoms with van der Waals surface area (Å²) in [7, 11) is 1.40. The molecule has 5 nitrogen and oxygen atoms in total. The van der Waals surface area contributed by atoms with E-state index in [4.69, 9.17) is 9.94 Å². The van der Waals surface area contributed by atoms with Crippen LogP contribution < -0.4 is 0 Å². The van der Waals surface area contributed by atoms with Gasteiger partial charge in [0.1, 0.15) is 5.75 Å². The van der Waals surface area contributed by atoms with E-state index in [1.54, 1.807) is 18.2 Å². The predicted octanol–water partition coefficient (Wildman–Crippen LogP) is 1.37. The molecule has 0 bridgehead atoms. The molecule has 0 aliphatic carbocycles. The van der Waals surface area contributed by atoms with Gasteiger partial charge in [-0.15, -0.1) is 0 Å². The maximum absolute atomic E-state index is 11.2. The van der Waals surface area contributed by atoms with E-state index >= 15 is 0 Å². The number of rotatable bonds is 2. The third-order valence-electron chi connectivity index (χ3n) is 2.50. The number of fused-ring (bicyclic) bond motifs is 1. The minimum absolute atomic E-state index is 0.0655. The lowest BCUT2D eigenvalue weighted by Crippen LogP contribution is -2.31. The Hall–Kier alpha value is -2.01. The van der Waals surface area contributed by atoms with Crippen LogP contribution in [-0.4, -0.2) is 28.4 Å². The number of benzene rings is 1. The second-order valence-electron chi connectivity index (χ2n) is 3.38. The monoisotopic (exact) mass is 221 g/mol. The summed E-state index contributed by atoms with van der Waals surface area (Å²) in [4.78, 5) is 16.1. The van der Waals surface area contributed by atoms with Gasteiger partial charge in [0.05, 0.1) is 7.11 Å². The molecular weight excluding hydrogens is 210 g/mol. The molecule has 2 rings (SSSR count). The zero-order valence-electron chi connectivity index (χ0n) is 8.62. The number of phenolic OH excluding ortho intramolecular Hbond substituents is 1. The number of hydrogen-bond acceptors (Lipinski definition) is 4. The van der Waals surface area contributed by atoms with Crippen LogP contribution in [0.2, 0.25) is 0 Å². The highest BCUT2D eigenvalue weighted by atomic mass is 16.7. The predicted molar refractivity (Wildman–Crippen MR) is 56.4 cm³/mol. The number of nitrogens with zero attached hydrogens (tertiary/aromatic N) is 1. The van der Waals surface area contributed by atoms with E-state index in [0.29, 0.717) is 11.1 Å². The third kappa shape index (κ3) is 1.51. The number of carboxylic acids is 1. The summed E-state index contributed by atoms with van der Waals surface area (Å²) in [5.41, 5.74) is 1.03. The van der Waals surface area contributed by atoms with Gasteiger partial charge in [0.15, 0.2) is 6.04 Å². The summed E-state index contributed by atoms with van der Waals surface area (Å²) in [6.07, 6.45) is 3.11. The number of carbonyl (C=O) groups is 1. The van der Waals surface area contributed by atoms with Crippen LogP contribution in [0.1, 0.15) is 17.2 Å². The van der Waals surface area contributed by atoms with Crippen molar-refractivity contribution in [1.29, 1.82) is 0 Å². The third-order valence-corrected chi connectivity index (χ3v) is 2.50. The number of hydroxylamine groups is 2. The van der Waals surface area contributed by atoms with Crippen LogP contribution in [-0.2, 0) is 9.63 Å². The Morgan fingerprint density at radius 2 is 2.25 bits per heavy atom. The molecular formula is C11H11NO4. The molecule has 0 amide bonds. The van der Waals surface area contributed by atoms with Crippen molar-refractivity contribution >= 4 is 12.0 Å². The smallest absolute Gasteiger partial charge is 0.333 e. The maximum atomic E-state index is 11.2. The topological polar surface area (TPSA) is 70.0 Å². The molecule has 1 unspecified atom stereocenters.